The van der Waals surface area contributed by atoms with Gasteiger partial charge in [0.25, 0.3) is 0 Å². The molecule has 1 saturated heterocycles. The molecule has 0 spiro atoms. The molecule has 1 aliphatic heterocycles. The predicted molar refractivity (Wildman–Crippen MR) is 85.5 cm³/mol. The summed E-state index contributed by atoms with van der Waals surface area (Å²) in [6.45, 7) is 3.77. The zero-order chi connectivity index (χ0) is 16.2. The van der Waals surface area contributed by atoms with Gasteiger partial charge in [-0.15, -0.1) is 0 Å². The lowest BCUT2D eigenvalue weighted by atomic mass is 10.1. The molecule has 5 heteroatoms. The van der Waals surface area contributed by atoms with Crippen LogP contribution in [-0.2, 0) is 0 Å². The van der Waals surface area contributed by atoms with E-state index in [-0.39, 0.29) is 11.6 Å². The van der Waals surface area contributed by atoms with Crippen LogP contribution in [0.15, 0.2) is 48.5 Å². The van der Waals surface area contributed by atoms with Gasteiger partial charge in [0.1, 0.15) is 24.3 Å². The van der Waals surface area contributed by atoms with Gasteiger partial charge in [0.15, 0.2) is 0 Å². The molecule has 3 nitrogen and oxygen atoms in total. The van der Waals surface area contributed by atoms with Gasteiger partial charge in [-0.05, 0) is 29.8 Å². The number of quaternary nitrogens is 1. The fourth-order valence-electron chi connectivity index (χ4n) is 3.05. The Kier molecular flexibility index (Phi) is 4.88. The summed E-state index contributed by atoms with van der Waals surface area (Å²) in [5.74, 6) is -0.492. The second-order valence-electron chi connectivity index (χ2n) is 5.96. The highest BCUT2D eigenvalue weighted by Gasteiger charge is 2.24. The van der Waals surface area contributed by atoms with E-state index in [0.717, 1.165) is 31.7 Å². The zero-order valence-electron chi connectivity index (χ0n) is 12.9. The molecular formula is C18H21F2N2O+. The smallest absolute Gasteiger partial charge is 0.146 e. The van der Waals surface area contributed by atoms with Crippen molar-refractivity contribution in [1.82, 2.24) is 0 Å². The Balaban J connectivity index is 1.55. The molecule has 122 valence electrons. The highest BCUT2D eigenvalue weighted by atomic mass is 19.1. The van der Waals surface area contributed by atoms with E-state index >= 15 is 0 Å². The molecule has 1 aliphatic rings. The first-order chi connectivity index (χ1) is 11.1. The average Bonchev–Trinajstić information content (AvgIpc) is 2.57. The van der Waals surface area contributed by atoms with E-state index in [1.807, 2.05) is 11.0 Å². The number of hydrogen-bond acceptors (Lipinski definition) is 2. The second kappa shape index (κ2) is 7.06. The Morgan fingerprint density at radius 1 is 1.00 bits per heavy atom. The maximum absolute atomic E-state index is 13.8. The van der Waals surface area contributed by atoms with Gasteiger partial charge in [-0.3, -0.25) is 0 Å². The molecule has 1 atom stereocenters. The summed E-state index contributed by atoms with van der Waals surface area (Å²) in [5, 5.41) is 10.3. The molecule has 2 aromatic carbocycles. The minimum absolute atomic E-state index is 0.192. The normalized spacial score (nSPS) is 17.3. The van der Waals surface area contributed by atoms with Crippen LogP contribution in [0.1, 0.15) is 11.7 Å². The lowest BCUT2D eigenvalue weighted by Crippen LogP contribution is -3.15. The molecule has 0 aliphatic carbocycles. The van der Waals surface area contributed by atoms with Crippen molar-refractivity contribution >= 4 is 5.69 Å². The third-order valence-corrected chi connectivity index (χ3v) is 4.40. The van der Waals surface area contributed by atoms with E-state index in [0.29, 0.717) is 12.2 Å². The molecule has 1 heterocycles. The molecule has 0 saturated carbocycles. The lowest BCUT2D eigenvalue weighted by molar-refractivity contribution is -0.904. The SMILES string of the molecule is O[C@@H](C[NH+]1CCN(c2ccccc2F)CC1)c1ccc(F)cc1. The lowest BCUT2D eigenvalue weighted by Gasteiger charge is -2.34. The molecule has 2 aromatic rings. The molecule has 3 rings (SSSR count). The van der Waals surface area contributed by atoms with E-state index in [9.17, 15) is 13.9 Å². The maximum Gasteiger partial charge on any atom is 0.146 e. The highest BCUT2D eigenvalue weighted by molar-refractivity contribution is 5.47. The van der Waals surface area contributed by atoms with Crippen LogP contribution in [-0.4, -0.2) is 37.8 Å². The summed E-state index contributed by atoms with van der Waals surface area (Å²) in [6, 6.07) is 12.8. The summed E-state index contributed by atoms with van der Waals surface area (Å²) in [7, 11) is 0. The Labute approximate surface area is 134 Å². The first-order valence-corrected chi connectivity index (χ1v) is 7.90. The molecule has 0 amide bonds. The minimum atomic E-state index is -0.606. The highest BCUT2D eigenvalue weighted by Crippen LogP contribution is 2.18. The minimum Gasteiger partial charge on any atom is -0.382 e. The van der Waals surface area contributed by atoms with Crippen LogP contribution in [0.25, 0.3) is 0 Å². The van der Waals surface area contributed by atoms with Crippen molar-refractivity contribution in [2.45, 2.75) is 6.10 Å². The average molecular weight is 319 g/mol. The van der Waals surface area contributed by atoms with Crippen molar-refractivity contribution in [1.29, 1.82) is 0 Å². The van der Waals surface area contributed by atoms with Crippen molar-refractivity contribution in [3.8, 4) is 0 Å². The van der Waals surface area contributed by atoms with Gasteiger partial charge in [-0.25, -0.2) is 8.78 Å². The number of rotatable bonds is 4. The van der Waals surface area contributed by atoms with Crippen LogP contribution < -0.4 is 9.80 Å². The number of aliphatic hydroxyl groups is 1. The third-order valence-electron chi connectivity index (χ3n) is 4.40. The number of benzene rings is 2. The Hall–Kier alpha value is -1.98. The summed E-state index contributed by atoms with van der Waals surface area (Å²) in [6.07, 6.45) is -0.606. The summed E-state index contributed by atoms with van der Waals surface area (Å²) >= 11 is 0. The zero-order valence-corrected chi connectivity index (χ0v) is 12.9. The monoisotopic (exact) mass is 319 g/mol. The first kappa shape index (κ1) is 15.9. The van der Waals surface area contributed by atoms with E-state index in [4.69, 9.17) is 0 Å². The molecule has 23 heavy (non-hydrogen) atoms. The largest absolute Gasteiger partial charge is 0.382 e. The summed E-state index contributed by atoms with van der Waals surface area (Å²) < 4.78 is 26.7. The van der Waals surface area contributed by atoms with Crippen molar-refractivity contribution in [3.05, 3.63) is 65.7 Å². The number of aliphatic hydroxyl groups excluding tert-OH is 1. The first-order valence-electron chi connectivity index (χ1n) is 7.90. The van der Waals surface area contributed by atoms with E-state index < -0.39 is 6.10 Å². The van der Waals surface area contributed by atoms with Gasteiger partial charge in [-0.2, -0.15) is 0 Å². The fraction of sp³-hybridized carbons (Fsp3) is 0.333. The van der Waals surface area contributed by atoms with Gasteiger partial charge in [0.05, 0.1) is 31.9 Å². The van der Waals surface area contributed by atoms with Gasteiger partial charge in [0, 0.05) is 0 Å². The van der Waals surface area contributed by atoms with Gasteiger partial charge in [-0.1, -0.05) is 24.3 Å². The maximum atomic E-state index is 13.8. The molecule has 1 fully saturated rings. The van der Waals surface area contributed by atoms with Crippen molar-refractivity contribution in [2.75, 3.05) is 37.6 Å². The van der Waals surface area contributed by atoms with Crippen molar-refractivity contribution in [2.24, 2.45) is 0 Å². The van der Waals surface area contributed by atoms with E-state index in [2.05, 4.69) is 0 Å². The standard InChI is InChI=1S/C18H20F2N2O/c19-15-7-5-14(6-8-15)18(23)13-21-9-11-22(12-10-21)17-4-2-1-3-16(17)20/h1-8,18,23H,9-13H2/p+1/t18-/m0/s1. The van der Waals surface area contributed by atoms with Crippen LogP contribution in [0.5, 0.6) is 0 Å². The number of nitrogens with one attached hydrogen (secondary N) is 1. The van der Waals surface area contributed by atoms with Gasteiger partial charge >= 0.3 is 0 Å². The Morgan fingerprint density at radius 2 is 1.65 bits per heavy atom. The number of piperazine rings is 1. The molecule has 0 unspecified atom stereocenters. The second-order valence-corrected chi connectivity index (χ2v) is 5.96. The fourth-order valence-corrected chi connectivity index (χ4v) is 3.05. The van der Waals surface area contributed by atoms with Crippen LogP contribution in [0.2, 0.25) is 0 Å². The van der Waals surface area contributed by atoms with E-state index in [1.54, 1.807) is 24.3 Å². The number of nitrogens with zero attached hydrogens (tertiary/aromatic N) is 1. The van der Waals surface area contributed by atoms with Crippen LogP contribution in [0, 0.1) is 11.6 Å². The summed E-state index contributed by atoms with van der Waals surface area (Å²) in [4.78, 5) is 3.32. The van der Waals surface area contributed by atoms with Crippen LogP contribution in [0.4, 0.5) is 14.5 Å². The van der Waals surface area contributed by atoms with Gasteiger partial charge in [0.2, 0.25) is 0 Å². The van der Waals surface area contributed by atoms with Crippen molar-refractivity contribution in [3.63, 3.8) is 0 Å². The Morgan fingerprint density at radius 3 is 2.30 bits per heavy atom. The molecule has 0 aromatic heterocycles. The predicted octanol–water partition coefficient (Wildman–Crippen LogP) is 1.40. The molecule has 2 N–H and O–H groups in total. The van der Waals surface area contributed by atoms with E-state index in [1.165, 1.54) is 23.1 Å². The number of anilines is 1. The van der Waals surface area contributed by atoms with Crippen molar-refractivity contribution < 1.29 is 18.8 Å². The topological polar surface area (TPSA) is 27.9 Å². The Bertz CT molecular complexity index is 640. The molecule has 0 bridgehead atoms. The van der Waals surface area contributed by atoms with Gasteiger partial charge < -0.3 is 14.9 Å². The quantitative estimate of drug-likeness (QED) is 0.892. The van der Waals surface area contributed by atoms with Crippen LogP contribution in [0.3, 0.4) is 0 Å². The summed E-state index contributed by atoms with van der Waals surface area (Å²) in [5.41, 5.74) is 1.38. The third kappa shape index (κ3) is 3.86. The number of hydrogen-bond donors (Lipinski definition) is 2. The molecular weight excluding hydrogens is 298 g/mol. The van der Waals surface area contributed by atoms with Crippen LogP contribution >= 0.6 is 0 Å². The number of halogens is 2. The molecule has 0 radical (unpaired) electrons. The number of para-hydroxylation sites is 1.